The molecule has 1 rings (SSSR count). The van der Waals surface area contributed by atoms with Gasteiger partial charge in [-0.1, -0.05) is 12.1 Å². The molecule has 2 nitrogen and oxygen atoms in total. The van der Waals surface area contributed by atoms with Gasteiger partial charge in [-0.3, -0.25) is 0 Å². The molecule has 0 unspecified atom stereocenters. The van der Waals surface area contributed by atoms with E-state index in [1.54, 1.807) is 0 Å². The first kappa shape index (κ1) is 13.2. The van der Waals surface area contributed by atoms with Gasteiger partial charge < -0.3 is 11.1 Å². The zero-order valence-corrected chi connectivity index (χ0v) is 11.1. The Morgan fingerprint density at radius 2 is 1.62 bits per heavy atom. The molecule has 90 valence electrons. The summed E-state index contributed by atoms with van der Waals surface area (Å²) in [5.41, 5.74) is 11.1. The molecule has 0 aromatic heterocycles. The van der Waals surface area contributed by atoms with Crippen LogP contribution in [0.2, 0.25) is 0 Å². The number of nitrogens with one attached hydrogen (secondary N) is 1. The molecular formula is C14H24N2. The number of hydrogen-bond donors (Lipinski definition) is 2. The van der Waals surface area contributed by atoms with Crippen molar-refractivity contribution in [3.8, 4) is 0 Å². The third-order valence-corrected chi connectivity index (χ3v) is 3.22. The summed E-state index contributed by atoms with van der Waals surface area (Å²) in [6.45, 7) is 12.3. The highest BCUT2D eigenvalue weighted by atomic mass is 15.0. The summed E-state index contributed by atoms with van der Waals surface area (Å²) >= 11 is 0. The van der Waals surface area contributed by atoms with Crippen LogP contribution in [-0.2, 0) is 6.54 Å². The lowest BCUT2D eigenvalue weighted by Gasteiger charge is -2.25. The van der Waals surface area contributed by atoms with Gasteiger partial charge >= 0.3 is 0 Å². The lowest BCUT2D eigenvalue weighted by atomic mass is 9.99. The second-order valence-electron chi connectivity index (χ2n) is 5.30. The quantitative estimate of drug-likeness (QED) is 0.818. The summed E-state index contributed by atoms with van der Waals surface area (Å²) in [6.07, 6.45) is 0. The summed E-state index contributed by atoms with van der Waals surface area (Å²) in [7, 11) is 0. The molecule has 2 heteroatoms. The van der Waals surface area contributed by atoms with E-state index in [1.165, 1.54) is 22.3 Å². The molecule has 0 fully saturated rings. The third-order valence-electron chi connectivity index (χ3n) is 3.22. The highest BCUT2D eigenvalue weighted by molar-refractivity contribution is 5.36. The molecule has 0 aliphatic carbocycles. The molecule has 0 saturated heterocycles. The molecule has 1 aromatic carbocycles. The molecule has 0 bridgehead atoms. The van der Waals surface area contributed by atoms with Crippen molar-refractivity contribution >= 4 is 0 Å². The van der Waals surface area contributed by atoms with E-state index in [2.05, 4.69) is 52.1 Å². The van der Waals surface area contributed by atoms with Gasteiger partial charge in [0.15, 0.2) is 0 Å². The van der Waals surface area contributed by atoms with Crippen LogP contribution < -0.4 is 11.1 Å². The van der Waals surface area contributed by atoms with Crippen LogP contribution in [0.4, 0.5) is 0 Å². The molecule has 0 atom stereocenters. The maximum atomic E-state index is 5.70. The Kier molecular flexibility index (Phi) is 4.11. The average molecular weight is 220 g/mol. The zero-order valence-electron chi connectivity index (χ0n) is 11.1. The fourth-order valence-electron chi connectivity index (χ4n) is 1.62. The lowest BCUT2D eigenvalue weighted by Crippen LogP contribution is -2.45. The van der Waals surface area contributed by atoms with E-state index in [0.29, 0.717) is 6.54 Å². The van der Waals surface area contributed by atoms with E-state index in [4.69, 9.17) is 5.73 Å². The Morgan fingerprint density at radius 3 is 2.19 bits per heavy atom. The highest BCUT2D eigenvalue weighted by Crippen LogP contribution is 2.16. The van der Waals surface area contributed by atoms with Gasteiger partial charge in [0.05, 0.1) is 0 Å². The summed E-state index contributed by atoms with van der Waals surface area (Å²) < 4.78 is 0. The summed E-state index contributed by atoms with van der Waals surface area (Å²) in [6, 6.07) is 4.52. The maximum absolute atomic E-state index is 5.70. The van der Waals surface area contributed by atoms with Crippen LogP contribution in [0.5, 0.6) is 0 Å². The maximum Gasteiger partial charge on any atom is 0.0250 e. The number of benzene rings is 1. The van der Waals surface area contributed by atoms with Gasteiger partial charge in [-0.25, -0.2) is 0 Å². The first-order valence-corrected chi connectivity index (χ1v) is 5.87. The predicted octanol–water partition coefficient (Wildman–Crippen LogP) is 2.44. The van der Waals surface area contributed by atoms with E-state index < -0.39 is 0 Å². The minimum absolute atomic E-state index is 0.00519. The number of rotatable bonds is 4. The fraction of sp³-hybridized carbons (Fsp3) is 0.571. The molecule has 0 amide bonds. The predicted molar refractivity (Wildman–Crippen MR) is 70.6 cm³/mol. The smallest absolute Gasteiger partial charge is 0.0250 e. The molecule has 0 saturated carbocycles. The van der Waals surface area contributed by atoms with Crippen LogP contribution in [0.3, 0.4) is 0 Å². The van der Waals surface area contributed by atoms with Crippen molar-refractivity contribution in [1.29, 1.82) is 0 Å². The Balaban J connectivity index is 2.79. The first-order valence-electron chi connectivity index (χ1n) is 5.87. The van der Waals surface area contributed by atoms with Crippen molar-refractivity contribution in [1.82, 2.24) is 5.32 Å². The zero-order chi connectivity index (χ0) is 12.3. The van der Waals surface area contributed by atoms with E-state index in [9.17, 15) is 0 Å². The van der Waals surface area contributed by atoms with Gasteiger partial charge in [0.1, 0.15) is 0 Å². The van der Waals surface area contributed by atoms with Crippen molar-refractivity contribution in [2.24, 2.45) is 5.73 Å². The molecule has 1 aromatic rings. The number of aryl methyl sites for hydroxylation is 3. The molecule has 0 radical (unpaired) electrons. The minimum Gasteiger partial charge on any atom is -0.329 e. The fourth-order valence-corrected chi connectivity index (χ4v) is 1.62. The van der Waals surface area contributed by atoms with Crippen molar-refractivity contribution < 1.29 is 0 Å². The highest BCUT2D eigenvalue weighted by Gasteiger charge is 2.14. The summed E-state index contributed by atoms with van der Waals surface area (Å²) in [5.74, 6) is 0. The van der Waals surface area contributed by atoms with Crippen LogP contribution in [0.15, 0.2) is 12.1 Å². The van der Waals surface area contributed by atoms with Gasteiger partial charge in [0.2, 0.25) is 0 Å². The number of nitrogens with two attached hydrogens (primary N) is 1. The van der Waals surface area contributed by atoms with Gasteiger partial charge in [-0.05, 0) is 56.9 Å². The van der Waals surface area contributed by atoms with Crippen LogP contribution in [0.25, 0.3) is 0 Å². The molecule has 3 N–H and O–H groups in total. The molecular weight excluding hydrogens is 196 g/mol. The standard InChI is InChI=1S/C14H24N2/c1-10-6-12(3)13(7-11(10)2)8-16-14(4,5)9-15/h6-7,16H,8-9,15H2,1-5H3. The van der Waals surface area contributed by atoms with E-state index in [-0.39, 0.29) is 5.54 Å². The molecule has 0 aliphatic heterocycles. The average Bonchev–Trinajstić information content (AvgIpc) is 2.22. The largest absolute Gasteiger partial charge is 0.329 e. The van der Waals surface area contributed by atoms with Crippen molar-refractivity contribution in [3.05, 3.63) is 34.4 Å². The van der Waals surface area contributed by atoms with Crippen molar-refractivity contribution in [3.63, 3.8) is 0 Å². The van der Waals surface area contributed by atoms with Gasteiger partial charge in [0.25, 0.3) is 0 Å². The Bertz CT molecular complexity index is 367. The van der Waals surface area contributed by atoms with Crippen molar-refractivity contribution in [2.45, 2.75) is 46.7 Å². The monoisotopic (exact) mass is 220 g/mol. The van der Waals surface area contributed by atoms with Crippen LogP contribution >= 0.6 is 0 Å². The summed E-state index contributed by atoms with van der Waals surface area (Å²) in [5, 5.41) is 3.49. The van der Waals surface area contributed by atoms with Crippen LogP contribution in [-0.4, -0.2) is 12.1 Å². The normalized spacial score (nSPS) is 11.9. The van der Waals surface area contributed by atoms with Gasteiger partial charge in [0, 0.05) is 18.6 Å². The van der Waals surface area contributed by atoms with Crippen molar-refractivity contribution in [2.75, 3.05) is 6.54 Å². The van der Waals surface area contributed by atoms with Gasteiger partial charge in [-0.15, -0.1) is 0 Å². The molecule has 16 heavy (non-hydrogen) atoms. The molecule has 0 spiro atoms. The lowest BCUT2D eigenvalue weighted by molar-refractivity contribution is 0.396. The van der Waals surface area contributed by atoms with Crippen LogP contribution in [0.1, 0.15) is 36.1 Å². The van der Waals surface area contributed by atoms with E-state index in [0.717, 1.165) is 6.54 Å². The topological polar surface area (TPSA) is 38.0 Å². The third kappa shape index (κ3) is 3.32. The Hall–Kier alpha value is -0.860. The molecule has 0 aliphatic rings. The molecule has 0 heterocycles. The van der Waals surface area contributed by atoms with E-state index in [1.807, 2.05) is 0 Å². The summed E-state index contributed by atoms with van der Waals surface area (Å²) in [4.78, 5) is 0. The van der Waals surface area contributed by atoms with E-state index >= 15 is 0 Å². The second-order valence-corrected chi connectivity index (χ2v) is 5.30. The number of hydrogen-bond acceptors (Lipinski definition) is 2. The SMILES string of the molecule is Cc1cc(C)c(CNC(C)(C)CN)cc1C. The minimum atomic E-state index is 0.00519. The Labute approximate surface area is 99.2 Å². The Morgan fingerprint density at radius 1 is 1.06 bits per heavy atom. The van der Waals surface area contributed by atoms with Crippen LogP contribution in [0, 0.1) is 20.8 Å². The first-order chi connectivity index (χ1) is 7.35. The van der Waals surface area contributed by atoms with Gasteiger partial charge in [-0.2, -0.15) is 0 Å². The second kappa shape index (κ2) is 4.98.